The first kappa shape index (κ1) is 22.3. The van der Waals surface area contributed by atoms with Gasteiger partial charge in [0.1, 0.15) is 21.8 Å². The van der Waals surface area contributed by atoms with E-state index in [0.717, 1.165) is 42.5 Å². The fourth-order valence-electron chi connectivity index (χ4n) is 3.57. The maximum atomic E-state index is 12.5. The quantitative estimate of drug-likeness (QED) is 0.518. The Morgan fingerprint density at radius 1 is 1.33 bits per heavy atom. The number of thiophene rings is 1. The average Bonchev–Trinajstić information content (AvgIpc) is 3.03. The molecule has 1 N–H and O–H groups in total. The van der Waals surface area contributed by atoms with Crippen molar-refractivity contribution in [3.8, 4) is 6.07 Å². The van der Waals surface area contributed by atoms with Crippen LogP contribution in [0.2, 0.25) is 5.15 Å². The lowest BCUT2D eigenvalue weighted by atomic mass is 10.1. The van der Waals surface area contributed by atoms with Crippen molar-refractivity contribution in [2.75, 3.05) is 11.9 Å². The van der Waals surface area contributed by atoms with Crippen molar-refractivity contribution in [1.29, 1.82) is 5.26 Å². The van der Waals surface area contributed by atoms with Gasteiger partial charge in [0.05, 0.1) is 11.3 Å². The number of halogens is 1. The summed E-state index contributed by atoms with van der Waals surface area (Å²) in [4.78, 5) is 26.0. The molecule has 30 heavy (non-hydrogen) atoms. The number of anilines is 1. The molecule has 3 rings (SSSR count). The van der Waals surface area contributed by atoms with Crippen LogP contribution in [0.4, 0.5) is 5.00 Å². The lowest BCUT2D eigenvalue weighted by Gasteiger charge is -2.07. The normalized spacial score (nSPS) is 13.5. The summed E-state index contributed by atoms with van der Waals surface area (Å²) < 4.78 is 6.74. The smallest absolute Gasteiger partial charge is 0.343 e. The van der Waals surface area contributed by atoms with Crippen LogP contribution in [0.25, 0.3) is 0 Å². The molecule has 0 aliphatic heterocycles. The Morgan fingerprint density at radius 3 is 2.77 bits per heavy atom. The van der Waals surface area contributed by atoms with E-state index >= 15 is 0 Å². The fraction of sp³-hybridized carbons (Fsp3) is 0.524. The second-order valence-electron chi connectivity index (χ2n) is 7.83. The molecule has 1 aliphatic carbocycles. The Balaban J connectivity index is 1.65. The summed E-state index contributed by atoms with van der Waals surface area (Å²) in [6.45, 7) is 5.84. The molecule has 0 aromatic carbocycles. The second-order valence-corrected chi connectivity index (χ2v) is 9.30. The van der Waals surface area contributed by atoms with Crippen LogP contribution in [0.15, 0.2) is 0 Å². The minimum atomic E-state index is -0.690. The van der Waals surface area contributed by atoms with Crippen LogP contribution in [0, 0.1) is 24.2 Å². The highest BCUT2D eigenvalue weighted by Crippen LogP contribution is 2.37. The summed E-state index contributed by atoms with van der Waals surface area (Å²) >= 11 is 7.73. The Kier molecular flexibility index (Phi) is 7.16. The summed E-state index contributed by atoms with van der Waals surface area (Å²) in [5.74, 6) is -0.864. The summed E-state index contributed by atoms with van der Waals surface area (Å²) in [7, 11) is 0. The molecule has 1 aliphatic rings. The molecular formula is C21H25ClN4O3S. The van der Waals surface area contributed by atoms with Crippen molar-refractivity contribution in [2.45, 2.75) is 59.4 Å². The third-order valence-corrected chi connectivity index (χ3v) is 6.52. The predicted octanol–water partition coefficient (Wildman–Crippen LogP) is 4.50. The number of hydrogen-bond acceptors (Lipinski definition) is 6. The molecular weight excluding hydrogens is 424 g/mol. The molecule has 0 fully saturated rings. The lowest BCUT2D eigenvalue weighted by molar-refractivity contribution is -0.119. The highest BCUT2D eigenvalue weighted by Gasteiger charge is 2.24. The summed E-state index contributed by atoms with van der Waals surface area (Å²) in [6.07, 6.45) is 5.08. The zero-order chi connectivity index (χ0) is 21.8. The van der Waals surface area contributed by atoms with Crippen LogP contribution in [-0.2, 0) is 28.9 Å². The molecule has 9 heteroatoms. The highest BCUT2D eigenvalue weighted by molar-refractivity contribution is 7.16. The minimum absolute atomic E-state index is 0.172. The van der Waals surface area contributed by atoms with Crippen LogP contribution in [0.3, 0.4) is 0 Å². The number of esters is 1. The molecule has 0 atom stereocenters. The van der Waals surface area contributed by atoms with Crippen LogP contribution in [0.1, 0.15) is 65.2 Å². The van der Waals surface area contributed by atoms with E-state index in [-0.39, 0.29) is 10.7 Å². The molecule has 2 aromatic heterocycles. The van der Waals surface area contributed by atoms with Gasteiger partial charge >= 0.3 is 5.97 Å². The third-order valence-electron chi connectivity index (χ3n) is 4.93. The molecule has 160 valence electrons. The highest BCUT2D eigenvalue weighted by atomic mass is 35.5. The van der Waals surface area contributed by atoms with E-state index in [1.807, 2.05) is 13.8 Å². The summed E-state index contributed by atoms with van der Waals surface area (Å²) in [6, 6.07) is 2.22. The molecule has 0 bridgehead atoms. The molecule has 7 nitrogen and oxygen atoms in total. The van der Waals surface area contributed by atoms with E-state index in [9.17, 15) is 14.9 Å². The number of aryl methyl sites for hydroxylation is 2. The topological polar surface area (TPSA) is 97.0 Å². The SMILES string of the molecule is Cc1nn(CC(C)C)c(Cl)c1C(=O)OCC(=O)Nc1sc2c(c1C#N)CCCCC2. The van der Waals surface area contributed by atoms with Gasteiger partial charge in [0.2, 0.25) is 0 Å². The molecule has 2 aromatic rings. The molecule has 0 saturated carbocycles. The Morgan fingerprint density at radius 2 is 2.07 bits per heavy atom. The Hall–Kier alpha value is -2.37. The number of aromatic nitrogens is 2. The van der Waals surface area contributed by atoms with Gasteiger partial charge in [-0.25, -0.2) is 4.79 Å². The number of hydrogen-bond donors (Lipinski definition) is 1. The van der Waals surface area contributed by atoms with E-state index in [2.05, 4.69) is 16.5 Å². The first-order chi connectivity index (χ1) is 14.3. The van der Waals surface area contributed by atoms with Crippen molar-refractivity contribution < 1.29 is 14.3 Å². The lowest BCUT2D eigenvalue weighted by Crippen LogP contribution is -2.21. The number of rotatable bonds is 6. The largest absolute Gasteiger partial charge is 0.452 e. The van der Waals surface area contributed by atoms with E-state index in [0.29, 0.717) is 28.7 Å². The van der Waals surface area contributed by atoms with E-state index in [1.54, 1.807) is 11.6 Å². The number of fused-ring (bicyclic) bond motifs is 1. The van der Waals surface area contributed by atoms with Crippen LogP contribution >= 0.6 is 22.9 Å². The number of ether oxygens (including phenoxy) is 1. The van der Waals surface area contributed by atoms with E-state index in [1.165, 1.54) is 11.3 Å². The van der Waals surface area contributed by atoms with Crippen LogP contribution < -0.4 is 5.32 Å². The molecule has 0 radical (unpaired) electrons. The number of nitriles is 1. The van der Waals surface area contributed by atoms with Gasteiger partial charge in [-0.1, -0.05) is 31.9 Å². The second kappa shape index (κ2) is 9.63. The number of amides is 1. The number of nitrogens with zero attached hydrogens (tertiary/aromatic N) is 3. The van der Waals surface area contributed by atoms with Gasteiger partial charge in [-0.05, 0) is 44.1 Å². The van der Waals surface area contributed by atoms with Crippen molar-refractivity contribution in [3.05, 3.63) is 32.4 Å². The van der Waals surface area contributed by atoms with Crippen molar-refractivity contribution in [3.63, 3.8) is 0 Å². The fourth-order valence-corrected chi connectivity index (χ4v) is 5.14. The molecule has 0 spiro atoms. The number of nitrogens with one attached hydrogen (secondary N) is 1. The van der Waals surface area contributed by atoms with Crippen LogP contribution in [0.5, 0.6) is 0 Å². The van der Waals surface area contributed by atoms with Gasteiger partial charge < -0.3 is 10.1 Å². The third kappa shape index (κ3) is 4.85. The predicted molar refractivity (Wildman–Crippen MR) is 116 cm³/mol. The van der Waals surface area contributed by atoms with Gasteiger partial charge in [-0.3, -0.25) is 9.48 Å². The van der Waals surface area contributed by atoms with Crippen molar-refractivity contribution in [2.24, 2.45) is 5.92 Å². The van der Waals surface area contributed by atoms with Crippen molar-refractivity contribution in [1.82, 2.24) is 9.78 Å². The van der Waals surface area contributed by atoms with Gasteiger partial charge in [-0.2, -0.15) is 10.4 Å². The Bertz CT molecular complexity index is 1000. The van der Waals surface area contributed by atoms with Crippen molar-refractivity contribution >= 4 is 39.8 Å². The van der Waals surface area contributed by atoms with Crippen LogP contribution in [-0.4, -0.2) is 28.3 Å². The standard InChI is InChI=1S/C21H25ClN4O3S/c1-12(2)10-26-19(22)18(13(3)25-26)21(28)29-11-17(27)24-20-15(9-23)14-7-5-4-6-8-16(14)30-20/h12H,4-8,10-11H2,1-3H3,(H,24,27). The zero-order valence-electron chi connectivity index (χ0n) is 17.4. The van der Waals surface area contributed by atoms with Gasteiger partial charge in [0.15, 0.2) is 6.61 Å². The molecule has 0 unspecified atom stereocenters. The maximum absolute atomic E-state index is 12.5. The summed E-state index contributed by atoms with van der Waals surface area (Å²) in [5.41, 5.74) is 2.21. The number of carbonyl (C=O) groups is 2. The number of carbonyl (C=O) groups excluding carboxylic acids is 2. The molecule has 1 amide bonds. The van der Waals surface area contributed by atoms with Gasteiger partial charge in [0.25, 0.3) is 5.91 Å². The van der Waals surface area contributed by atoms with Gasteiger partial charge in [0, 0.05) is 11.4 Å². The van der Waals surface area contributed by atoms with Gasteiger partial charge in [-0.15, -0.1) is 11.3 Å². The monoisotopic (exact) mass is 448 g/mol. The molecule has 2 heterocycles. The first-order valence-electron chi connectivity index (χ1n) is 10.1. The summed E-state index contributed by atoms with van der Waals surface area (Å²) in [5, 5.41) is 17.3. The minimum Gasteiger partial charge on any atom is -0.452 e. The maximum Gasteiger partial charge on any atom is 0.343 e. The zero-order valence-corrected chi connectivity index (χ0v) is 19.0. The first-order valence-corrected chi connectivity index (χ1v) is 11.3. The average molecular weight is 449 g/mol. The van der Waals surface area contributed by atoms with E-state index in [4.69, 9.17) is 16.3 Å². The Labute approximate surface area is 185 Å². The molecule has 0 saturated heterocycles. The van der Waals surface area contributed by atoms with E-state index < -0.39 is 18.5 Å².